The van der Waals surface area contributed by atoms with Crippen LogP contribution < -0.4 is 10.6 Å². The summed E-state index contributed by atoms with van der Waals surface area (Å²) in [5, 5.41) is 20.1. The maximum Gasteiger partial charge on any atom is 0.191 e. The molecule has 1 atom stereocenters. The number of nitrogens with zero attached hydrogens (tertiary/aromatic N) is 7. The van der Waals surface area contributed by atoms with Crippen molar-refractivity contribution < 1.29 is 0 Å². The number of fused-ring (bicyclic) bond motifs is 1. The summed E-state index contributed by atoms with van der Waals surface area (Å²) < 4.78 is 4.03. The zero-order chi connectivity index (χ0) is 20.8. The molecule has 9 nitrogen and oxygen atoms in total. The van der Waals surface area contributed by atoms with E-state index in [1.807, 2.05) is 35.0 Å². The van der Waals surface area contributed by atoms with E-state index in [-0.39, 0.29) is 30.0 Å². The van der Waals surface area contributed by atoms with Gasteiger partial charge in [0.1, 0.15) is 18.2 Å². The Labute approximate surface area is 200 Å². The molecule has 0 amide bonds. The van der Waals surface area contributed by atoms with E-state index in [0.29, 0.717) is 12.5 Å². The Kier molecular flexibility index (Phi) is 9.85. The van der Waals surface area contributed by atoms with Crippen molar-refractivity contribution in [1.82, 2.24) is 40.2 Å². The molecule has 0 radical (unpaired) electrons. The molecule has 2 N–H and O–H groups in total. The van der Waals surface area contributed by atoms with E-state index in [2.05, 4.69) is 51.0 Å². The largest absolute Gasteiger partial charge is 0.356 e. The smallest absolute Gasteiger partial charge is 0.191 e. The Morgan fingerprint density at radius 2 is 2.13 bits per heavy atom. The SMILES string of the molecule is CSCCCNC(=NCc1nnc(C)n1C)NC1CCc2nc(C(C)C)nn2C1.I. The minimum atomic E-state index is 0. The minimum absolute atomic E-state index is 0. The van der Waals surface area contributed by atoms with Crippen LogP contribution in [0.25, 0.3) is 0 Å². The van der Waals surface area contributed by atoms with Gasteiger partial charge in [-0.1, -0.05) is 13.8 Å². The van der Waals surface area contributed by atoms with E-state index in [4.69, 9.17) is 4.99 Å². The lowest BCUT2D eigenvalue weighted by Gasteiger charge is -2.25. The summed E-state index contributed by atoms with van der Waals surface area (Å²) >= 11 is 1.86. The van der Waals surface area contributed by atoms with Gasteiger partial charge in [0, 0.05) is 32.0 Å². The molecule has 11 heteroatoms. The number of hydrogen-bond acceptors (Lipinski definition) is 6. The van der Waals surface area contributed by atoms with Gasteiger partial charge in [0.2, 0.25) is 0 Å². The van der Waals surface area contributed by atoms with Crippen LogP contribution in [-0.4, -0.2) is 60.1 Å². The molecule has 30 heavy (non-hydrogen) atoms. The van der Waals surface area contributed by atoms with Crippen molar-refractivity contribution in [3.8, 4) is 0 Å². The Morgan fingerprint density at radius 3 is 2.80 bits per heavy atom. The molecular formula is C19H34IN9S. The Bertz CT molecular complexity index is 830. The van der Waals surface area contributed by atoms with Crippen molar-refractivity contribution in [2.45, 2.75) is 65.1 Å². The maximum absolute atomic E-state index is 4.77. The van der Waals surface area contributed by atoms with E-state index in [0.717, 1.165) is 67.4 Å². The van der Waals surface area contributed by atoms with Gasteiger partial charge in [-0.3, -0.25) is 0 Å². The monoisotopic (exact) mass is 547 g/mol. The van der Waals surface area contributed by atoms with Gasteiger partial charge in [0.25, 0.3) is 0 Å². The third kappa shape index (κ3) is 6.56. The van der Waals surface area contributed by atoms with Crippen LogP contribution in [0.3, 0.4) is 0 Å². The van der Waals surface area contributed by atoms with E-state index in [1.165, 1.54) is 0 Å². The van der Waals surface area contributed by atoms with E-state index >= 15 is 0 Å². The topological polar surface area (TPSA) is 97.8 Å². The second kappa shape index (κ2) is 11.9. The first kappa shape index (κ1) is 24.9. The molecule has 0 saturated heterocycles. The van der Waals surface area contributed by atoms with Gasteiger partial charge in [0.05, 0.1) is 6.54 Å². The zero-order valence-electron chi connectivity index (χ0n) is 18.6. The molecule has 0 spiro atoms. The van der Waals surface area contributed by atoms with Crippen LogP contribution in [0.5, 0.6) is 0 Å². The van der Waals surface area contributed by atoms with Crippen LogP contribution in [0.4, 0.5) is 0 Å². The van der Waals surface area contributed by atoms with Crippen molar-refractivity contribution in [2.75, 3.05) is 18.6 Å². The van der Waals surface area contributed by atoms with Crippen LogP contribution in [-0.2, 0) is 26.6 Å². The highest BCUT2D eigenvalue weighted by Gasteiger charge is 2.23. The third-order valence-electron chi connectivity index (χ3n) is 5.11. The molecule has 168 valence electrons. The first-order valence-corrected chi connectivity index (χ1v) is 11.7. The van der Waals surface area contributed by atoms with Crippen LogP contribution in [0.15, 0.2) is 4.99 Å². The number of nitrogens with one attached hydrogen (secondary N) is 2. The van der Waals surface area contributed by atoms with Crippen LogP contribution in [0.1, 0.15) is 55.9 Å². The minimum Gasteiger partial charge on any atom is -0.356 e. The molecule has 0 aromatic carbocycles. The predicted molar refractivity (Wildman–Crippen MR) is 133 cm³/mol. The molecule has 3 rings (SSSR count). The lowest BCUT2D eigenvalue weighted by molar-refractivity contribution is 0.391. The summed E-state index contributed by atoms with van der Waals surface area (Å²) in [7, 11) is 1.97. The lowest BCUT2D eigenvalue weighted by atomic mass is 10.1. The average molecular weight is 548 g/mol. The summed E-state index contributed by atoms with van der Waals surface area (Å²) in [6.45, 7) is 8.41. The molecule has 2 aromatic rings. The predicted octanol–water partition coefficient (Wildman–Crippen LogP) is 2.26. The van der Waals surface area contributed by atoms with Gasteiger partial charge in [0.15, 0.2) is 17.6 Å². The fourth-order valence-corrected chi connectivity index (χ4v) is 3.63. The highest BCUT2D eigenvalue weighted by Crippen LogP contribution is 2.17. The van der Waals surface area contributed by atoms with Gasteiger partial charge in [-0.15, -0.1) is 34.2 Å². The quantitative estimate of drug-likeness (QED) is 0.227. The van der Waals surface area contributed by atoms with Crippen LogP contribution >= 0.6 is 35.7 Å². The Morgan fingerprint density at radius 1 is 1.33 bits per heavy atom. The summed E-state index contributed by atoms with van der Waals surface area (Å²) in [5.41, 5.74) is 0. The van der Waals surface area contributed by atoms with E-state index in [1.54, 1.807) is 0 Å². The molecule has 1 aliphatic heterocycles. The number of aryl methyl sites for hydroxylation is 2. The molecule has 1 unspecified atom stereocenters. The second-order valence-corrected chi connectivity index (χ2v) is 8.75. The molecule has 0 bridgehead atoms. The zero-order valence-corrected chi connectivity index (χ0v) is 21.7. The molecular weight excluding hydrogens is 513 g/mol. The van der Waals surface area contributed by atoms with Crippen LogP contribution in [0.2, 0.25) is 0 Å². The molecule has 2 aromatic heterocycles. The lowest BCUT2D eigenvalue weighted by Crippen LogP contribution is -2.47. The number of aromatic nitrogens is 6. The van der Waals surface area contributed by atoms with Crippen molar-refractivity contribution in [1.29, 1.82) is 0 Å². The second-order valence-electron chi connectivity index (χ2n) is 7.76. The summed E-state index contributed by atoms with van der Waals surface area (Å²) in [4.78, 5) is 9.45. The summed E-state index contributed by atoms with van der Waals surface area (Å²) in [6.07, 6.45) is 5.18. The number of aliphatic imine (C=N–C) groups is 1. The van der Waals surface area contributed by atoms with E-state index in [9.17, 15) is 0 Å². The molecule has 0 aliphatic carbocycles. The molecule has 3 heterocycles. The Balaban J connectivity index is 0.00000320. The summed E-state index contributed by atoms with van der Waals surface area (Å²) in [6, 6.07) is 0.275. The highest BCUT2D eigenvalue weighted by atomic mass is 127. The average Bonchev–Trinajstić information content (AvgIpc) is 3.27. The van der Waals surface area contributed by atoms with Crippen molar-refractivity contribution in [2.24, 2.45) is 12.0 Å². The third-order valence-corrected chi connectivity index (χ3v) is 5.81. The molecule has 0 fully saturated rings. The highest BCUT2D eigenvalue weighted by molar-refractivity contribution is 14.0. The Hall–Kier alpha value is -1.37. The fourth-order valence-electron chi connectivity index (χ4n) is 3.20. The first-order valence-electron chi connectivity index (χ1n) is 10.3. The standard InChI is InChI=1S/C19H33N9S.HI/c1-13(2)18-23-16-8-7-15(12-28(16)26-18)22-19(20-9-6-10-29-5)21-11-17-25-24-14(3)27(17)4;/h13,15H,6-12H2,1-5H3,(H2,20,21,22);1H. The van der Waals surface area contributed by atoms with Crippen molar-refractivity contribution in [3.63, 3.8) is 0 Å². The normalized spacial score (nSPS) is 16.3. The van der Waals surface area contributed by atoms with Gasteiger partial charge >= 0.3 is 0 Å². The first-order chi connectivity index (χ1) is 14.0. The number of guanidine groups is 1. The number of hydrogen-bond donors (Lipinski definition) is 2. The van der Waals surface area contributed by atoms with Gasteiger partial charge in [-0.05, 0) is 31.8 Å². The van der Waals surface area contributed by atoms with E-state index < -0.39 is 0 Å². The van der Waals surface area contributed by atoms with Crippen LogP contribution in [0, 0.1) is 6.92 Å². The fraction of sp³-hybridized carbons (Fsp3) is 0.737. The molecule has 0 saturated carbocycles. The van der Waals surface area contributed by atoms with Gasteiger partial charge in [-0.25, -0.2) is 14.7 Å². The number of halogens is 1. The maximum atomic E-state index is 4.77. The number of rotatable bonds is 8. The summed E-state index contributed by atoms with van der Waals surface area (Å²) in [5.74, 6) is 6.08. The van der Waals surface area contributed by atoms with Crippen molar-refractivity contribution >= 4 is 41.7 Å². The van der Waals surface area contributed by atoms with Gasteiger partial charge in [-0.2, -0.15) is 16.9 Å². The van der Waals surface area contributed by atoms with Gasteiger partial charge < -0.3 is 15.2 Å². The number of thioether (sulfide) groups is 1. The van der Waals surface area contributed by atoms with Crippen molar-refractivity contribution in [3.05, 3.63) is 23.3 Å². The molecule has 1 aliphatic rings.